The fraction of sp³-hybridized carbons (Fsp3) is 1.00. The van der Waals surface area contributed by atoms with Gasteiger partial charge < -0.3 is 5.32 Å². The van der Waals surface area contributed by atoms with Gasteiger partial charge >= 0.3 is 6.18 Å². The fourth-order valence-corrected chi connectivity index (χ4v) is 2.49. The highest BCUT2D eigenvalue weighted by Gasteiger charge is 2.36. The second kappa shape index (κ2) is 8.99. The van der Waals surface area contributed by atoms with Gasteiger partial charge in [0.25, 0.3) is 0 Å². The second-order valence-corrected chi connectivity index (χ2v) is 6.85. The normalized spacial score (nSPS) is 13.7. The Hall–Kier alpha value is -0.290. The molecule has 0 atom stereocenters. The van der Waals surface area contributed by atoms with Crippen LogP contribution in [0.1, 0.15) is 54.4 Å². The van der Waals surface area contributed by atoms with Crippen molar-refractivity contribution < 1.29 is 13.2 Å². The van der Waals surface area contributed by atoms with Crippen LogP contribution >= 0.6 is 0 Å². The van der Waals surface area contributed by atoms with Gasteiger partial charge in [-0.05, 0) is 44.6 Å². The van der Waals surface area contributed by atoms with Crippen LogP contribution in [0.3, 0.4) is 0 Å². The van der Waals surface area contributed by atoms with Gasteiger partial charge in [-0.3, -0.25) is 4.90 Å². The topological polar surface area (TPSA) is 15.3 Å². The summed E-state index contributed by atoms with van der Waals surface area (Å²) in [6.07, 6.45) is -2.37. The Morgan fingerprint density at radius 2 is 1.48 bits per heavy atom. The molecule has 0 saturated heterocycles. The Balaban J connectivity index is 4.82. The van der Waals surface area contributed by atoms with Gasteiger partial charge in [-0.1, -0.05) is 27.7 Å². The van der Waals surface area contributed by atoms with Crippen molar-refractivity contribution in [3.63, 3.8) is 0 Å². The van der Waals surface area contributed by atoms with Gasteiger partial charge in [0.2, 0.25) is 0 Å². The first-order valence-corrected chi connectivity index (χ1v) is 8.06. The molecule has 0 rings (SSSR count). The summed E-state index contributed by atoms with van der Waals surface area (Å²) in [4.78, 5) is 1.56. The standard InChI is InChI=1S/C16H33F3N2/c1-7-15(8-2,10-20-9-13(3)4)11-21(14(5)6)12-16(17,18)19/h13-14,20H,7-12H2,1-6H3. The summed E-state index contributed by atoms with van der Waals surface area (Å²) >= 11 is 0. The zero-order valence-electron chi connectivity index (χ0n) is 14.5. The molecule has 0 saturated carbocycles. The summed E-state index contributed by atoms with van der Waals surface area (Å²) in [5, 5.41) is 3.43. The van der Waals surface area contributed by atoms with Gasteiger partial charge in [0.15, 0.2) is 0 Å². The third-order valence-electron chi connectivity index (χ3n) is 4.20. The van der Waals surface area contributed by atoms with Crippen molar-refractivity contribution in [1.82, 2.24) is 10.2 Å². The number of halogens is 3. The molecule has 0 heterocycles. The monoisotopic (exact) mass is 310 g/mol. The average Bonchev–Trinajstić information content (AvgIpc) is 2.34. The van der Waals surface area contributed by atoms with Crippen LogP contribution in [0, 0.1) is 11.3 Å². The van der Waals surface area contributed by atoms with Crippen molar-refractivity contribution in [3.8, 4) is 0 Å². The highest BCUT2D eigenvalue weighted by atomic mass is 19.4. The first-order valence-electron chi connectivity index (χ1n) is 8.06. The Morgan fingerprint density at radius 3 is 1.81 bits per heavy atom. The molecule has 0 aromatic rings. The minimum absolute atomic E-state index is 0.0928. The summed E-state index contributed by atoms with van der Waals surface area (Å²) in [6.45, 7) is 13.4. The molecule has 5 heteroatoms. The molecule has 0 spiro atoms. The molecule has 2 nitrogen and oxygen atoms in total. The first-order chi connectivity index (χ1) is 9.55. The van der Waals surface area contributed by atoms with Crippen molar-refractivity contribution in [3.05, 3.63) is 0 Å². The van der Waals surface area contributed by atoms with Crippen LogP contribution < -0.4 is 5.32 Å². The van der Waals surface area contributed by atoms with Crippen molar-refractivity contribution in [2.45, 2.75) is 66.6 Å². The molecule has 0 unspecified atom stereocenters. The molecule has 0 radical (unpaired) electrons. The lowest BCUT2D eigenvalue weighted by Crippen LogP contribution is -2.49. The molecule has 0 aliphatic carbocycles. The number of hydrogen-bond acceptors (Lipinski definition) is 2. The van der Waals surface area contributed by atoms with Crippen LogP contribution in [0.15, 0.2) is 0 Å². The van der Waals surface area contributed by atoms with Crippen LogP contribution in [-0.4, -0.2) is 43.3 Å². The largest absolute Gasteiger partial charge is 0.401 e. The molecule has 21 heavy (non-hydrogen) atoms. The lowest BCUT2D eigenvalue weighted by Gasteiger charge is -2.39. The average molecular weight is 310 g/mol. The SMILES string of the molecule is CCC(CC)(CNCC(C)C)CN(CC(F)(F)F)C(C)C. The van der Waals surface area contributed by atoms with Crippen LogP contribution in [0.5, 0.6) is 0 Å². The number of alkyl halides is 3. The van der Waals surface area contributed by atoms with E-state index in [-0.39, 0.29) is 11.5 Å². The number of nitrogens with zero attached hydrogens (tertiary/aromatic N) is 1. The van der Waals surface area contributed by atoms with E-state index < -0.39 is 12.7 Å². The predicted molar refractivity (Wildman–Crippen MR) is 83.5 cm³/mol. The van der Waals surface area contributed by atoms with Gasteiger partial charge in [-0.2, -0.15) is 13.2 Å². The van der Waals surface area contributed by atoms with E-state index in [1.54, 1.807) is 4.90 Å². The molecule has 0 bridgehead atoms. The van der Waals surface area contributed by atoms with Gasteiger partial charge in [-0.15, -0.1) is 0 Å². The van der Waals surface area contributed by atoms with Crippen LogP contribution in [0.2, 0.25) is 0 Å². The minimum Gasteiger partial charge on any atom is -0.316 e. The van der Waals surface area contributed by atoms with E-state index in [0.717, 1.165) is 25.9 Å². The second-order valence-electron chi connectivity index (χ2n) is 6.85. The molecule has 0 fully saturated rings. The van der Waals surface area contributed by atoms with E-state index in [2.05, 4.69) is 33.0 Å². The van der Waals surface area contributed by atoms with Crippen LogP contribution in [0.25, 0.3) is 0 Å². The van der Waals surface area contributed by atoms with Crippen molar-refractivity contribution in [2.75, 3.05) is 26.2 Å². The molecule has 0 aromatic heterocycles. The van der Waals surface area contributed by atoms with Gasteiger partial charge in [0, 0.05) is 19.1 Å². The quantitative estimate of drug-likeness (QED) is 0.647. The molecule has 0 aromatic carbocycles. The van der Waals surface area contributed by atoms with Crippen LogP contribution in [-0.2, 0) is 0 Å². The highest BCUT2D eigenvalue weighted by molar-refractivity contribution is 4.85. The van der Waals surface area contributed by atoms with E-state index in [4.69, 9.17) is 0 Å². The van der Waals surface area contributed by atoms with Crippen molar-refractivity contribution in [2.24, 2.45) is 11.3 Å². The molecule has 128 valence electrons. The number of hydrogen-bond donors (Lipinski definition) is 1. The molecule has 0 aliphatic heterocycles. The van der Waals surface area contributed by atoms with E-state index in [9.17, 15) is 13.2 Å². The van der Waals surface area contributed by atoms with Crippen molar-refractivity contribution in [1.29, 1.82) is 0 Å². The Labute approximate surface area is 128 Å². The highest BCUT2D eigenvalue weighted by Crippen LogP contribution is 2.29. The summed E-state index contributed by atoms with van der Waals surface area (Å²) in [5.41, 5.74) is -0.0928. The molecular weight excluding hydrogens is 277 g/mol. The van der Waals surface area contributed by atoms with E-state index in [1.807, 2.05) is 13.8 Å². The third-order valence-corrected chi connectivity index (χ3v) is 4.20. The lowest BCUT2D eigenvalue weighted by atomic mass is 9.81. The summed E-state index contributed by atoms with van der Waals surface area (Å²) in [6, 6.07) is -0.103. The van der Waals surface area contributed by atoms with E-state index in [0.29, 0.717) is 12.5 Å². The zero-order valence-corrected chi connectivity index (χ0v) is 14.5. The van der Waals surface area contributed by atoms with Crippen LogP contribution in [0.4, 0.5) is 13.2 Å². The predicted octanol–water partition coefficient (Wildman–Crippen LogP) is 4.31. The molecule has 0 aliphatic rings. The molecule has 0 amide bonds. The maximum Gasteiger partial charge on any atom is 0.401 e. The third kappa shape index (κ3) is 8.67. The van der Waals surface area contributed by atoms with Gasteiger partial charge in [0.1, 0.15) is 0 Å². The lowest BCUT2D eigenvalue weighted by molar-refractivity contribution is -0.153. The minimum atomic E-state index is -4.14. The Kier molecular flexibility index (Phi) is 8.86. The maximum atomic E-state index is 12.7. The Morgan fingerprint density at radius 1 is 0.952 bits per heavy atom. The smallest absolute Gasteiger partial charge is 0.316 e. The van der Waals surface area contributed by atoms with Gasteiger partial charge in [-0.25, -0.2) is 0 Å². The van der Waals surface area contributed by atoms with Gasteiger partial charge in [0.05, 0.1) is 6.54 Å². The van der Waals surface area contributed by atoms with E-state index in [1.165, 1.54) is 0 Å². The fourth-order valence-electron chi connectivity index (χ4n) is 2.49. The number of rotatable bonds is 10. The summed E-state index contributed by atoms with van der Waals surface area (Å²) in [5.74, 6) is 0.549. The van der Waals surface area contributed by atoms with E-state index >= 15 is 0 Å². The molecule has 1 N–H and O–H groups in total. The zero-order chi connectivity index (χ0) is 16.7. The summed E-state index contributed by atoms with van der Waals surface area (Å²) in [7, 11) is 0. The first kappa shape index (κ1) is 20.7. The molecular formula is C16H33F3N2. The van der Waals surface area contributed by atoms with Crippen molar-refractivity contribution >= 4 is 0 Å². The summed E-state index contributed by atoms with van der Waals surface area (Å²) < 4.78 is 38.2. The number of nitrogens with one attached hydrogen (secondary N) is 1. The Bertz CT molecular complexity index is 271. The maximum absolute atomic E-state index is 12.7.